The standard InChI is InChI=1S/C13H22N2O2/c1-2-17-12-4-3-7-14-8-11-15-9-5-13(16)6-10-15/h5-6,9-10,14H,2-4,7-8,11-12H2,1H3. The molecule has 4 heteroatoms. The highest BCUT2D eigenvalue weighted by atomic mass is 16.5. The van der Waals surface area contributed by atoms with Crippen LogP contribution in [-0.2, 0) is 11.3 Å². The number of hydrogen-bond donors (Lipinski definition) is 1. The first-order valence-corrected chi connectivity index (χ1v) is 6.27. The summed E-state index contributed by atoms with van der Waals surface area (Å²) in [5.74, 6) is 0. The van der Waals surface area contributed by atoms with E-state index in [1.807, 2.05) is 23.9 Å². The van der Waals surface area contributed by atoms with E-state index in [2.05, 4.69) is 5.32 Å². The van der Waals surface area contributed by atoms with Gasteiger partial charge in [-0.05, 0) is 26.3 Å². The molecular formula is C13H22N2O2. The summed E-state index contributed by atoms with van der Waals surface area (Å²) in [6, 6.07) is 3.17. The van der Waals surface area contributed by atoms with Crippen molar-refractivity contribution in [1.82, 2.24) is 9.88 Å². The molecule has 0 aliphatic rings. The molecule has 0 aliphatic carbocycles. The number of ether oxygens (including phenoxy) is 1. The number of unbranched alkanes of at least 4 members (excludes halogenated alkanes) is 1. The lowest BCUT2D eigenvalue weighted by Crippen LogP contribution is -2.21. The van der Waals surface area contributed by atoms with Gasteiger partial charge in [-0.1, -0.05) is 0 Å². The van der Waals surface area contributed by atoms with E-state index in [9.17, 15) is 4.79 Å². The summed E-state index contributed by atoms with van der Waals surface area (Å²) in [4.78, 5) is 10.9. The quantitative estimate of drug-likeness (QED) is 0.659. The molecule has 0 unspecified atom stereocenters. The molecule has 96 valence electrons. The Hall–Kier alpha value is -1.13. The van der Waals surface area contributed by atoms with Crippen LogP contribution in [0, 0.1) is 0 Å². The maximum Gasteiger partial charge on any atom is 0.181 e. The molecule has 1 N–H and O–H groups in total. The Morgan fingerprint density at radius 3 is 2.71 bits per heavy atom. The van der Waals surface area contributed by atoms with Crippen LogP contribution in [0.15, 0.2) is 29.3 Å². The van der Waals surface area contributed by atoms with Crippen molar-refractivity contribution < 1.29 is 4.74 Å². The Morgan fingerprint density at radius 1 is 1.24 bits per heavy atom. The van der Waals surface area contributed by atoms with E-state index in [1.54, 1.807) is 12.1 Å². The molecule has 0 radical (unpaired) electrons. The topological polar surface area (TPSA) is 43.3 Å². The summed E-state index contributed by atoms with van der Waals surface area (Å²) >= 11 is 0. The average Bonchev–Trinajstić information content (AvgIpc) is 2.35. The molecule has 0 fully saturated rings. The molecule has 0 bridgehead atoms. The van der Waals surface area contributed by atoms with Crippen molar-refractivity contribution in [3.8, 4) is 0 Å². The minimum absolute atomic E-state index is 0.0603. The van der Waals surface area contributed by atoms with E-state index in [4.69, 9.17) is 4.74 Å². The Balaban J connectivity index is 1.97. The third kappa shape index (κ3) is 6.92. The highest BCUT2D eigenvalue weighted by molar-refractivity contribution is 4.93. The lowest BCUT2D eigenvalue weighted by atomic mass is 10.3. The largest absolute Gasteiger partial charge is 0.382 e. The van der Waals surface area contributed by atoms with E-state index in [0.717, 1.165) is 45.7 Å². The predicted molar refractivity (Wildman–Crippen MR) is 69.3 cm³/mol. The molecule has 0 spiro atoms. The van der Waals surface area contributed by atoms with Crippen LogP contribution in [-0.4, -0.2) is 30.9 Å². The Morgan fingerprint density at radius 2 is 2.00 bits per heavy atom. The van der Waals surface area contributed by atoms with Crippen molar-refractivity contribution in [2.24, 2.45) is 0 Å². The lowest BCUT2D eigenvalue weighted by molar-refractivity contribution is 0.143. The van der Waals surface area contributed by atoms with Gasteiger partial charge < -0.3 is 14.6 Å². The molecule has 1 rings (SSSR count). The monoisotopic (exact) mass is 238 g/mol. The fraction of sp³-hybridized carbons (Fsp3) is 0.615. The van der Waals surface area contributed by atoms with Crippen molar-refractivity contribution in [2.75, 3.05) is 26.3 Å². The second kappa shape index (κ2) is 8.96. The van der Waals surface area contributed by atoms with Crippen LogP contribution in [0.4, 0.5) is 0 Å². The van der Waals surface area contributed by atoms with Crippen molar-refractivity contribution in [2.45, 2.75) is 26.3 Å². The molecule has 1 aromatic heterocycles. The fourth-order valence-electron chi connectivity index (χ4n) is 1.52. The first-order chi connectivity index (χ1) is 8.33. The Bertz CT molecular complexity index is 329. The zero-order valence-electron chi connectivity index (χ0n) is 10.5. The van der Waals surface area contributed by atoms with Crippen molar-refractivity contribution in [3.05, 3.63) is 34.7 Å². The minimum Gasteiger partial charge on any atom is -0.382 e. The third-order valence-corrected chi connectivity index (χ3v) is 2.50. The van der Waals surface area contributed by atoms with E-state index < -0.39 is 0 Å². The van der Waals surface area contributed by atoms with Gasteiger partial charge in [0.1, 0.15) is 0 Å². The van der Waals surface area contributed by atoms with E-state index in [1.165, 1.54) is 0 Å². The first kappa shape index (κ1) is 13.9. The molecule has 0 saturated carbocycles. The third-order valence-electron chi connectivity index (χ3n) is 2.50. The van der Waals surface area contributed by atoms with Crippen LogP contribution >= 0.6 is 0 Å². The van der Waals surface area contributed by atoms with Gasteiger partial charge in [0, 0.05) is 50.8 Å². The number of hydrogen-bond acceptors (Lipinski definition) is 3. The zero-order valence-corrected chi connectivity index (χ0v) is 10.5. The van der Waals surface area contributed by atoms with E-state index in [0.29, 0.717) is 0 Å². The van der Waals surface area contributed by atoms with Gasteiger partial charge in [-0.15, -0.1) is 0 Å². The molecule has 0 aliphatic heterocycles. The number of pyridine rings is 1. The molecule has 0 atom stereocenters. The first-order valence-electron chi connectivity index (χ1n) is 6.27. The predicted octanol–water partition coefficient (Wildman–Crippen LogP) is 1.25. The summed E-state index contributed by atoms with van der Waals surface area (Å²) in [6.07, 6.45) is 5.89. The molecule has 0 aromatic carbocycles. The van der Waals surface area contributed by atoms with Crippen LogP contribution in [0.25, 0.3) is 0 Å². The van der Waals surface area contributed by atoms with Crippen LogP contribution in [0.2, 0.25) is 0 Å². The van der Waals surface area contributed by atoms with Crippen LogP contribution in [0.3, 0.4) is 0 Å². The summed E-state index contributed by atoms with van der Waals surface area (Å²) < 4.78 is 7.27. The highest BCUT2D eigenvalue weighted by Gasteiger charge is 1.91. The minimum atomic E-state index is 0.0603. The van der Waals surface area contributed by atoms with E-state index in [-0.39, 0.29) is 5.43 Å². The molecule has 0 amide bonds. The van der Waals surface area contributed by atoms with Gasteiger partial charge in [0.25, 0.3) is 0 Å². The zero-order chi connectivity index (χ0) is 12.3. The molecule has 17 heavy (non-hydrogen) atoms. The van der Waals surface area contributed by atoms with Gasteiger partial charge in [0.15, 0.2) is 5.43 Å². The second-order valence-electron chi connectivity index (χ2n) is 3.93. The number of nitrogens with zero attached hydrogens (tertiary/aromatic N) is 1. The second-order valence-corrected chi connectivity index (χ2v) is 3.93. The molecule has 0 saturated heterocycles. The van der Waals surface area contributed by atoms with Gasteiger partial charge in [0.2, 0.25) is 0 Å². The molecular weight excluding hydrogens is 216 g/mol. The molecule has 4 nitrogen and oxygen atoms in total. The van der Waals surface area contributed by atoms with E-state index >= 15 is 0 Å². The summed E-state index contributed by atoms with van der Waals surface area (Å²) in [7, 11) is 0. The SMILES string of the molecule is CCOCCCCNCCn1ccc(=O)cc1. The van der Waals surface area contributed by atoms with Crippen LogP contribution in [0.5, 0.6) is 0 Å². The number of aromatic nitrogens is 1. The number of nitrogens with one attached hydrogen (secondary N) is 1. The van der Waals surface area contributed by atoms with Crippen molar-refractivity contribution >= 4 is 0 Å². The smallest absolute Gasteiger partial charge is 0.181 e. The maximum atomic E-state index is 10.9. The number of rotatable bonds is 9. The Kier molecular flexibility index (Phi) is 7.34. The Labute approximate surface area is 103 Å². The highest BCUT2D eigenvalue weighted by Crippen LogP contribution is 1.88. The van der Waals surface area contributed by atoms with Gasteiger partial charge in [-0.25, -0.2) is 0 Å². The van der Waals surface area contributed by atoms with Crippen molar-refractivity contribution in [1.29, 1.82) is 0 Å². The van der Waals surface area contributed by atoms with Crippen LogP contribution < -0.4 is 10.7 Å². The summed E-state index contributed by atoms with van der Waals surface area (Å²) in [5.41, 5.74) is 0.0603. The van der Waals surface area contributed by atoms with Gasteiger partial charge >= 0.3 is 0 Å². The fourth-order valence-corrected chi connectivity index (χ4v) is 1.52. The van der Waals surface area contributed by atoms with Crippen LogP contribution in [0.1, 0.15) is 19.8 Å². The molecule has 1 heterocycles. The maximum absolute atomic E-state index is 10.9. The lowest BCUT2D eigenvalue weighted by Gasteiger charge is -2.07. The summed E-state index contributed by atoms with van der Waals surface area (Å²) in [5, 5.41) is 3.37. The molecule has 1 aromatic rings. The normalized spacial score (nSPS) is 10.6. The van der Waals surface area contributed by atoms with Gasteiger partial charge in [-0.2, -0.15) is 0 Å². The van der Waals surface area contributed by atoms with Gasteiger partial charge in [-0.3, -0.25) is 4.79 Å². The van der Waals surface area contributed by atoms with Gasteiger partial charge in [0.05, 0.1) is 0 Å². The van der Waals surface area contributed by atoms with Crippen molar-refractivity contribution in [3.63, 3.8) is 0 Å². The average molecular weight is 238 g/mol. The summed E-state index contributed by atoms with van der Waals surface area (Å²) in [6.45, 7) is 6.52.